The Balaban J connectivity index is 1.34. The lowest BCUT2D eigenvalue weighted by molar-refractivity contribution is -0.131. The molecule has 144 valence electrons. The van der Waals surface area contributed by atoms with Crippen LogP contribution in [0.15, 0.2) is 65.3 Å². The Labute approximate surface area is 164 Å². The summed E-state index contributed by atoms with van der Waals surface area (Å²) in [6, 6.07) is 17.8. The molecule has 4 rings (SSSR count). The number of hydrogen-bond donors (Lipinski definition) is 0. The summed E-state index contributed by atoms with van der Waals surface area (Å²) in [5.74, 6) is 1.91. The molecule has 1 amide bonds. The summed E-state index contributed by atoms with van der Waals surface area (Å²) in [6.07, 6.45) is 3.71. The number of rotatable bonds is 5. The summed E-state index contributed by atoms with van der Waals surface area (Å²) < 4.78 is 5.32. The summed E-state index contributed by atoms with van der Waals surface area (Å²) in [7, 11) is 0. The molecular formula is C22H24N4O2. The first-order valence-electron chi connectivity index (χ1n) is 9.74. The van der Waals surface area contributed by atoms with Crippen molar-refractivity contribution in [3.8, 4) is 11.3 Å². The highest BCUT2D eigenvalue weighted by Crippen LogP contribution is 2.19. The minimum absolute atomic E-state index is 0.184. The van der Waals surface area contributed by atoms with E-state index in [0.717, 1.165) is 48.9 Å². The second-order valence-electron chi connectivity index (χ2n) is 6.94. The summed E-state index contributed by atoms with van der Waals surface area (Å²) in [5.41, 5.74) is 1.93. The molecular weight excluding hydrogens is 352 g/mol. The molecule has 0 saturated carbocycles. The molecule has 0 N–H and O–H groups in total. The van der Waals surface area contributed by atoms with E-state index in [4.69, 9.17) is 4.42 Å². The van der Waals surface area contributed by atoms with Crippen molar-refractivity contribution in [1.82, 2.24) is 15.1 Å². The fraction of sp³-hybridized carbons (Fsp3) is 0.318. The Morgan fingerprint density at radius 3 is 2.57 bits per heavy atom. The van der Waals surface area contributed by atoms with Crippen LogP contribution < -0.4 is 4.90 Å². The fourth-order valence-corrected chi connectivity index (χ4v) is 3.50. The number of anilines is 1. The van der Waals surface area contributed by atoms with Crippen molar-refractivity contribution in [3.63, 3.8) is 0 Å². The number of hydrogen-bond acceptors (Lipinski definition) is 5. The smallest absolute Gasteiger partial charge is 0.223 e. The van der Waals surface area contributed by atoms with Crippen LogP contribution in [0.5, 0.6) is 0 Å². The van der Waals surface area contributed by atoms with Gasteiger partial charge in [-0.05, 0) is 30.7 Å². The van der Waals surface area contributed by atoms with Crippen LogP contribution in [0, 0.1) is 0 Å². The second kappa shape index (κ2) is 8.69. The van der Waals surface area contributed by atoms with Crippen LogP contribution >= 0.6 is 0 Å². The number of carbonyl (C=O) groups is 1. The molecule has 2 aromatic heterocycles. The molecule has 0 unspecified atom stereocenters. The molecule has 1 aliphatic rings. The summed E-state index contributed by atoms with van der Waals surface area (Å²) >= 11 is 0. The molecule has 0 spiro atoms. The van der Waals surface area contributed by atoms with Gasteiger partial charge in [0.25, 0.3) is 0 Å². The van der Waals surface area contributed by atoms with Gasteiger partial charge in [0.15, 0.2) is 5.82 Å². The number of aromatic nitrogens is 2. The van der Waals surface area contributed by atoms with Crippen molar-refractivity contribution in [1.29, 1.82) is 0 Å². The van der Waals surface area contributed by atoms with E-state index < -0.39 is 0 Å². The Morgan fingerprint density at radius 2 is 1.82 bits per heavy atom. The molecule has 3 heterocycles. The monoisotopic (exact) mass is 376 g/mol. The van der Waals surface area contributed by atoms with E-state index in [1.165, 1.54) is 0 Å². The molecule has 1 aliphatic heterocycles. The third-order valence-corrected chi connectivity index (χ3v) is 5.06. The van der Waals surface area contributed by atoms with Gasteiger partial charge in [0.05, 0.1) is 12.0 Å². The molecule has 1 saturated heterocycles. The molecule has 0 radical (unpaired) electrons. The summed E-state index contributed by atoms with van der Waals surface area (Å²) in [6.45, 7) is 3.13. The highest BCUT2D eigenvalue weighted by atomic mass is 16.3. The Hall–Kier alpha value is -3.15. The van der Waals surface area contributed by atoms with Crippen LogP contribution in [0.4, 0.5) is 5.82 Å². The van der Waals surface area contributed by atoms with Gasteiger partial charge in [-0.25, -0.2) is 0 Å². The molecule has 1 fully saturated rings. The van der Waals surface area contributed by atoms with Gasteiger partial charge in [-0.15, -0.1) is 10.2 Å². The maximum absolute atomic E-state index is 12.5. The third-order valence-electron chi connectivity index (χ3n) is 5.06. The molecule has 6 nitrogen and oxygen atoms in total. The van der Waals surface area contributed by atoms with Crippen molar-refractivity contribution >= 4 is 11.7 Å². The van der Waals surface area contributed by atoms with Gasteiger partial charge in [0.2, 0.25) is 5.91 Å². The van der Waals surface area contributed by atoms with Gasteiger partial charge < -0.3 is 14.2 Å². The van der Waals surface area contributed by atoms with E-state index in [9.17, 15) is 4.79 Å². The molecule has 0 bridgehead atoms. The number of aryl methyl sites for hydroxylation is 1. The lowest BCUT2D eigenvalue weighted by atomic mass is 10.1. The predicted molar refractivity (Wildman–Crippen MR) is 108 cm³/mol. The number of nitrogens with zero attached hydrogens (tertiary/aromatic N) is 4. The molecule has 1 aromatic carbocycles. The van der Waals surface area contributed by atoms with E-state index in [-0.39, 0.29) is 5.91 Å². The van der Waals surface area contributed by atoms with Crippen molar-refractivity contribution < 1.29 is 9.21 Å². The van der Waals surface area contributed by atoms with E-state index in [0.29, 0.717) is 19.4 Å². The zero-order chi connectivity index (χ0) is 19.2. The topological polar surface area (TPSA) is 62.5 Å². The average Bonchev–Trinajstić information content (AvgIpc) is 3.15. The zero-order valence-electron chi connectivity index (χ0n) is 15.8. The van der Waals surface area contributed by atoms with Gasteiger partial charge in [0, 0.05) is 44.6 Å². The van der Waals surface area contributed by atoms with Crippen LogP contribution in [-0.4, -0.2) is 47.2 Å². The Kier molecular flexibility index (Phi) is 5.66. The summed E-state index contributed by atoms with van der Waals surface area (Å²) in [5, 5.41) is 8.80. The standard InChI is InChI=1S/C22H24N4O2/c27-22(12-9-19-8-4-17-28-19)26-14-5-13-25(15-16-26)21-11-10-20(23-24-21)18-6-2-1-3-7-18/h1-4,6-8,10-11,17H,5,9,12-16H2. The molecule has 6 heteroatoms. The molecule has 3 aromatic rings. The highest BCUT2D eigenvalue weighted by Gasteiger charge is 2.20. The van der Waals surface area contributed by atoms with E-state index in [1.54, 1.807) is 6.26 Å². The van der Waals surface area contributed by atoms with Gasteiger partial charge in [-0.2, -0.15) is 0 Å². The predicted octanol–water partition coefficient (Wildman–Crippen LogP) is 3.41. The highest BCUT2D eigenvalue weighted by molar-refractivity contribution is 5.76. The van der Waals surface area contributed by atoms with Crippen LogP contribution in [-0.2, 0) is 11.2 Å². The van der Waals surface area contributed by atoms with Crippen LogP contribution in [0.25, 0.3) is 11.3 Å². The van der Waals surface area contributed by atoms with Crippen molar-refractivity contribution in [2.45, 2.75) is 19.3 Å². The van der Waals surface area contributed by atoms with Crippen molar-refractivity contribution in [2.24, 2.45) is 0 Å². The SMILES string of the molecule is O=C(CCc1ccco1)N1CCCN(c2ccc(-c3ccccc3)nn2)CC1. The lowest BCUT2D eigenvalue weighted by Gasteiger charge is -2.22. The normalized spacial score (nSPS) is 14.7. The molecule has 28 heavy (non-hydrogen) atoms. The lowest BCUT2D eigenvalue weighted by Crippen LogP contribution is -2.35. The largest absolute Gasteiger partial charge is 0.469 e. The minimum atomic E-state index is 0.184. The van der Waals surface area contributed by atoms with Crippen LogP contribution in [0.2, 0.25) is 0 Å². The van der Waals surface area contributed by atoms with Crippen molar-refractivity contribution in [2.75, 3.05) is 31.1 Å². The average molecular weight is 376 g/mol. The number of benzene rings is 1. The quantitative estimate of drug-likeness (QED) is 0.683. The molecule has 0 atom stereocenters. The van der Waals surface area contributed by atoms with E-state index in [2.05, 4.69) is 15.1 Å². The van der Waals surface area contributed by atoms with Gasteiger partial charge in [-0.3, -0.25) is 4.79 Å². The van der Waals surface area contributed by atoms with Gasteiger partial charge in [-0.1, -0.05) is 30.3 Å². The van der Waals surface area contributed by atoms with Gasteiger partial charge in [0.1, 0.15) is 5.76 Å². The Morgan fingerprint density at radius 1 is 0.929 bits per heavy atom. The third kappa shape index (κ3) is 4.39. The summed E-state index contributed by atoms with van der Waals surface area (Å²) in [4.78, 5) is 16.7. The second-order valence-corrected chi connectivity index (χ2v) is 6.94. The number of furan rings is 1. The first-order valence-corrected chi connectivity index (χ1v) is 9.74. The maximum atomic E-state index is 12.5. The van der Waals surface area contributed by atoms with Crippen LogP contribution in [0.1, 0.15) is 18.6 Å². The first-order chi connectivity index (χ1) is 13.8. The number of amides is 1. The van der Waals surface area contributed by atoms with Gasteiger partial charge >= 0.3 is 0 Å². The van der Waals surface area contributed by atoms with Crippen molar-refractivity contribution in [3.05, 3.63) is 66.6 Å². The number of carbonyl (C=O) groups excluding carboxylic acids is 1. The first kappa shape index (κ1) is 18.2. The molecule has 0 aliphatic carbocycles. The van der Waals surface area contributed by atoms with Crippen LogP contribution in [0.3, 0.4) is 0 Å². The van der Waals surface area contributed by atoms with E-state index in [1.807, 2.05) is 59.5 Å². The minimum Gasteiger partial charge on any atom is -0.469 e. The Bertz CT molecular complexity index is 879. The zero-order valence-corrected chi connectivity index (χ0v) is 15.8. The fourth-order valence-electron chi connectivity index (χ4n) is 3.50. The maximum Gasteiger partial charge on any atom is 0.223 e. The van der Waals surface area contributed by atoms with E-state index >= 15 is 0 Å².